The first kappa shape index (κ1) is 27.1. The van der Waals surface area contributed by atoms with Crippen LogP contribution in [0.1, 0.15) is 32.1 Å². The van der Waals surface area contributed by atoms with Crippen molar-refractivity contribution in [1.82, 2.24) is 14.9 Å². The molecule has 0 saturated heterocycles. The van der Waals surface area contributed by atoms with Gasteiger partial charge in [-0.05, 0) is 45.0 Å². The minimum absolute atomic E-state index is 0.230. The van der Waals surface area contributed by atoms with Crippen LogP contribution in [0.3, 0.4) is 0 Å². The first-order valence-electron chi connectivity index (χ1n) is 11.7. The predicted molar refractivity (Wildman–Crippen MR) is 142 cm³/mol. The average Bonchev–Trinajstić information content (AvgIpc) is 2.84. The molecule has 2 aromatic heterocycles. The second kappa shape index (κ2) is 13.5. The van der Waals surface area contributed by atoms with Crippen LogP contribution in [0, 0.1) is 0 Å². The lowest BCUT2D eigenvalue weighted by molar-refractivity contribution is 0.244. The second-order valence-corrected chi connectivity index (χ2v) is 9.13. The number of H-pyrrole nitrogens is 1. The van der Waals surface area contributed by atoms with Crippen LogP contribution in [0.4, 0.5) is 11.4 Å². The zero-order chi connectivity index (χ0) is 25.2. The predicted octanol–water partition coefficient (Wildman–Crippen LogP) is 5.24. The standard InChI is InChI=1S/C25H32Cl2N4O4/c1-31(11-7-12-32)10-5-3-4-6-13-35-25-21(34-2)9-8-17-20(14-22(33)30-23(17)25)29-24-18(26)15-28-16-19(24)27/h8-9,14-16,32H,3-7,10-13H2,1-2H3,(H2,28,29,30,33). The van der Waals surface area contributed by atoms with Gasteiger partial charge in [0.1, 0.15) is 0 Å². The van der Waals surface area contributed by atoms with Gasteiger partial charge in [0.15, 0.2) is 11.5 Å². The van der Waals surface area contributed by atoms with E-state index in [1.165, 1.54) is 18.5 Å². The van der Waals surface area contributed by atoms with Gasteiger partial charge in [0.25, 0.3) is 5.56 Å². The SMILES string of the molecule is COc1ccc2c(Nc3c(Cl)cncc3Cl)cc(=O)[nH]c2c1OCCCCCCN(C)CCCO. The highest BCUT2D eigenvalue weighted by Gasteiger charge is 2.16. The Morgan fingerprint density at radius 2 is 1.80 bits per heavy atom. The molecule has 0 atom stereocenters. The third-order valence-corrected chi connectivity index (χ3v) is 6.22. The number of anilines is 2. The molecule has 1 aromatic carbocycles. The zero-order valence-electron chi connectivity index (χ0n) is 20.1. The van der Waals surface area contributed by atoms with Crippen molar-refractivity contribution in [3.8, 4) is 11.5 Å². The van der Waals surface area contributed by atoms with E-state index >= 15 is 0 Å². The molecule has 0 unspecified atom stereocenters. The van der Waals surface area contributed by atoms with E-state index in [1.54, 1.807) is 13.2 Å². The lowest BCUT2D eigenvalue weighted by Crippen LogP contribution is -2.21. The summed E-state index contributed by atoms with van der Waals surface area (Å²) in [5.74, 6) is 1.03. The number of halogens is 2. The second-order valence-electron chi connectivity index (χ2n) is 8.31. The Balaban J connectivity index is 1.70. The summed E-state index contributed by atoms with van der Waals surface area (Å²) in [5, 5.41) is 13.5. The van der Waals surface area contributed by atoms with Gasteiger partial charge in [0.2, 0.25) is 0 Å². The number of hydrogen-bond donors (Lipinski definition) is 3. The van der Waals surface area contributed by atoms with Crippen LogP contribution >= 0.6 is 23.2 Å². The summed E-state index contributed by atoms with van der Waals surface area (Å²) in [5.41, 5.74) is 1.24. The number of methoxy groups -OCH3 is 1. The van der Waals surface area contributed by atoms with Crippen LogP contribution in [0.25, 0.3) is 10.9 Å². The van der Waals surface area contributed by atoms with Crippen molar-refractivity contribution >= 4 is 45.5 Å². The highest BCUT2D eigenvalue weighted by Crippen LogP contribution is 2.39. The van der Waals surface area contributed by atoms with Crippen molar-refractivity contribution in [3.05, 3.63) is 51.0 Å². The van der Waals surface area contributed by atoms with Gasteiger partial charge in [-0.25, -0.2) is 0 Å². The Morgan fingerprint density at radius 1 is 1.09 bits per heavy atom. The molecule has 0 fully saturated rings. The molecule has 0 amide bonds. The van der Waals surface area contributed by atoms with Crippen LogP contribution in [0.2, 0.25) is 10.0 Å². The number of aromatic nitrogens is 2. The summed E-state index contributed by atoms with van der Waals surface area (Å²) in [4.78, 5) is 21.6. The molecule has 10 heteroatoms. The minimum Gasteiger partial charge on any atom is -0.493 e. The molecule has 0 spiro atoms. The van der Waals surface area contributed by atoms with Crippen molar-refractivity contribution in [2.45, 2.75) is 32.1 Å². The number of hydrogen-bond acceptors (Lipinski definition) is 7. The van der Waals surface area contributed by atoms with Crippen molar-refractivity contribution in [3.63, 3.8) is 0 Å². The number of unbranched alkanes of at least 4 members (excludes halogenated alkanes) is 3. The van der Waals surface area contributed by atoms with E-state index in [9.17, 15) is 4.79 Å². The number of aliphatic hydroxyl groups excluding tert-OH is 1. The van der Waals surface area contributed by atoms with E-state index in [-0.39, 0.29) is 12.2 Å². The van der Waals surface area contributed by atoms with Crippen LogP contribution < -0.4 is 20.3 Å². The highest BCUT2D eigenvalue weighted by atomic mass is 35.5. The molecule has 0 radical (unpaired) electrons. The van der Waals surface area contributed by atoms with Gasteiger partial charge < -0.3 is 29.8 Å². The van der Waals surface area contributed by atoms with Crippen LogP contribution in [-0.2, 0) is 0 Å². The largest absolute Gasteiger partial charge is 0.493 e. The fourth-order valence-electron chi connectivity index (χ4n) is 3.82. The monoisotopic (exact) mass is 522 g/mol. The molecule has 3 aromatic rings. The number of aromatic amines is 1. The van der Waals surface area contributed by atoms with Gasteiger partial charge in [0, 0.05) is 37.0 Å². The molecule has 0 saturated carbocycles. The number of aliphatic hydroxyl groups is 1. The van der Waals surface area contributed by atoms with Gasteiger partial charge in [-0.2, -0.15) is 0 Å². The maximum absolute atomic E-state index is 12.5. The van der Waals surface area contributed by atoms with Gasteiger partial charge in [-0.15, -0.1) is 0 Å². The Labute approximate surface area is 215 Å². The Hall–Kier alpha value is -2.52. The molecule has 0 bridgehead atoms. The van der Waals surface area contributed by atoms with Gasteiger partial charge in [-0.3, -0.25) is 9.78 Å². The zero-order valence-corrected chi connectivity index (χ0v) is 21.6. The molecule has 0 aliphatic heterocycles. The number of fused-ring (bicyclic) bond motifs is 1. The summed E-state index contributed by atoms with van der Waals surface area (Å²) in [6.07, 6.45) is 7.87. The fraction of sp³-hybridized carbons (Fsp3) is 0.440. The maximum Gasteiger partial charge on any atom is 0.250 e. The highest BCUT2D eigenvalue weighted by molar-refractivity contribution is 6.39. The number of pyridine rings is 2. The summed E-state index contributed by atoms with van der Waals surface area (Å²) in [7, 11) is 3.64. The summed E-state index contributed by atoms with van der Waals surface area (Å²) in [6, 6.07) is 5.10. The molecule has 8 nitrogen and oxygen atoms in total. The number of ether oxygens (including phenoxy) is 2. The van der Waals surface area contributed by atoms with Gasteiger partial charge in [-0.1, -0.05) is 36.0 Å². The molecular weight excluding hydrogens is 491 g/mol. The van der Waals surface area contributed by atoms with E-state index < -0.39 is 0 Å². The van der Waals surface area contributed by atoms with Crippen molar-refractivity contribution < 1.29 is 14.6 Å². The van der Waals surface area contributed by atoms with Crippen LogP contribution in [-0.4, -0.2) is 60.4 Å². The number of benzene rings is 1. The van der Waals surface area contributed by atoms with Crippen LogP contribution in [0.5, 0.6) is 11.5 Å². The Morgan fingerprint density at radius 3 is 2.51 bits per heavy atom. The van der Waals surface area contributed by atoms with Crippen molar-refractivity contribution in [2.75, 3.05) is 45.8 Å². The lowest BCUT2D eigenvalue weighted by atomic mass is 10.1. The average molecular weight is 523 g/mol. The summed E-state index contributed by atoms with van der Waals surface area (Å²) < 4.78 is 11.6. The molecule has 2 heterocycles. The molecule has 3 rings (SSSR count). The quantitative estimate of drug-likeness (QED) is 0.249. The summed E-state index contributed by atoms with van der Waals surface area (Å²) in [6.45, 7) is 2.65. The summed E-state index contributed by atoms with van der Waals surface area (Å²) >= 11 is 12.5. The lowest BCUT2D eigenvalue weighted by Gasteiger charge is -2.17. The van der Waals surface area contributed by atoms with E-state index in [0.717, 1.165) is 50.6 Å². The van der Waals surface area contributed by atoms with Crippen LogP contribution in [0.15, 0.2) is 35.4 Å². The first-order chi connectivity index (χ1) is 16.9. The van der Waals surface area contributed by atoms with Crippen molar-refractivity contribution in [2.24, 2.45) is 0 Å². The van der Waals surface area contributed by atoms with E-state index in [2.05, 4.69) is 27.2 Å². The van der Waals surface area contributed by atoms with Crippen molar-refractivity contribution in [1.29, 1.82) is 0 Å². The smallest absolute Gasteiger partial charge is 0.250 e. The number of nitrogens with one attached hydrogen (secondary N) is 2. The van der Waals surface area contributed by atoms with E-state index in [4.69, 9.17) is 37.8 Å². The Bertz CT molecular complexity index is 1150. The van der Waals surface area contributed by atoms with E-state index in [1.807, 2.05) is 6.07 Å². The normalized spacial score (nSPS) is 11.3. The minimum atomic E-state index is -0.301. The molecule has 35 heavy (non-hydrogen) atoms. The molecule has 0 aliphatic carbocycles. The van der Waals surface area contributed by atoms with Gasteiger partial charge in [0.05, 0.1) is 40.7 Å². The molecule has 190 valence electrons. The maximum atomic E-state index is 12.5. The fourth-order valence-corrected chi connectivity index (χ4v) is 4.28. The first-order valence-corrected chi connectivity index (χ1v) is 12.4. The Kier molecular flexibility index (Phi) is 10.5. The third kappa shape index (κ3) is 7.48. The molecule has 0 aliphatic rings. The van der Waals surface area contributed by atoms with Gasteiger partial charge >= 0.3 is 0 Å². The number of rotatable bonds is 14. The molecule has 3 N–H and O–H groups in total. The number of nitrogens with zero attached hydrogens (tertiary/aromatic N) is 2. The van der Waals surface area contributed by atoms with E-state index in [0.29, 0.717) is 45.0 Å². The topological polar surface area (TPSA) is 99.7 Å². The third-order valence-electron chi connectivity index (χ3n) is 5.65. The molecular formula is C25H32Cl2N4O4.